The lowest BCUT2D eigenvalue weighted by Crippen LogP contribution is -2.24. The number of hydrogen-bond donors (Lipinski definition) is 3. The van der Waals surface area contributed by atoms with Crippen molar-refractivity contribution in [3.8, 4) is 0 Å². The average Bonchev–Trinajstić information content (AvgIpc) is 2.39. The van der Waals surface area contributed by atoms with Crippen molar-refractivity contribution in [1.82, 2.24) is 0 Å². The monoisotopic (exact) mass is 284 g/mol. The van der Waals surface area contributed by atoms with Gasteiger partial charge in [-0.2, -0.15) is 0 Å². The molecule has 0 spiro atoms. The summed E-state index contributed by atoms with van der Waals surface area (Å²) in [6, 6.07) is 0. The molecule has 20 heavy (non-hydrogen) atoms. The molecule has 0 fully saturated rings. The minimum atomic E-state index is -0.166. The van der Waals surface area contributed by atoms with Crippen molar-refractivity contribution in [2.45, 2.75) is 71.1 Å². The fourth-order valence-electron chi connectivity index (χ4n) is 2.31. The first-order valence-electron chi connectivity index (χ1n) is 7.92. The average molecular weight is 284 g/mol. The summed E-state index contributed by atoms with van der Waals surface area (Å²) in [5.74, 6) is -0.0238. The van der Waals surface area contributed by atoms with Gasteiger partial charge in [-0.25, -0.2) is 0 Å². The minimum absolute atomic E-state index is 0.0142. The Morgan fingerprint density at radius 3 is 2.00 bits per heavy atom. The predicted molar refractivity (Wildman–Crippen MR) is 85.2 cm³/mol. The maximum Gasteiger partial charge on any atom is 0.220 e. The van der Waals surface area contributed by atoms with Crippen molar-refractivity contribution in [2.24, 2.45) is 28.1 Å². The van der Waals surface area contributed by atoms with Gasteiger partial charge in [0.25, 0.3) is 0 Å². The molecule has 6 N–H and O–H groups in total. The zero-order chi connectivity index (χ0) is 15.2. The van der Waals surface area contributed by atoms with Gasteiger partial charge >= 0.3 is 0 Å². The lowest BCUT2D eigenvalue weighted by atomic mass is 9.94. The van der Waals surface area contributed by atoms with Crippen LogP contribution in [0.3, 0.4) is 0 Å². The van der Waals surface area contributed by atoms with Gasteiger partial charge in [-0.05, 0) is 19.3 Å². The van der Waals surface area contributed by atoms with Crippen LogP contribution < -0.4 is 17.2 Å². The molecular weight excluding hydrogens is 252 g/mol. The standard InChI is InChI=1S/C15H32N4O/c1-2-3-4-5-6-7-10-13(14(16)20)11-8-9-12-19-15(17)18/h13H,2-12H2,1H3,(H2,16,20)(H4,17,18,19). The van der Waals surface area contributed by atoms with Crippen LogP contribution in [0.15, 0.2) is 4.99 Å². The third-order valence-corrected chi connectivity index (χ3v) is 3.56. The largest absolute Gasteiger partial charge is 0.370 e. The van der Waals surface area contributed by atoms with Crippen LogP contribution in [0.1, 0.15) is 71.1 Å². The van der Waals surface area contributed by atoms with E-state index in [9.17, 15) is 4.79 Å². The molecule has 0 aliphatic carbocycles. The van der Waals surface area contributed by atoms with Crippen molar-refractivity contribution in [3.63, 3.8) is 0 Å². The van der Waals surface area contributed by atoms with Crippen LogP contribution in [0.2, 0.25) is 0 Å². The second-order valence-corrected chi connectivity index (χ2v) is 5.46. The lowest BCUT2D eigenvalue weighted by Gasteiger charge is -2.12. The lowest BCUT2D eigenvalue weighted by molar-refractivity contribution is -0.122. The Morgan fingerprint density at radius 2 is 1.45 bits per heavy atom. The zero-order valence-corrected chi connectivity index (χ0v) is 12.9. The summed E-state index contributed by atoms with van der Waals surface area (Å²) >= 11 is 0. The number of aliphatic imine (C=N–C) groups is 1. The number of amides is 1. The van der Waals surface area contributed by atoms with E-state index >= 15 is 0 Å². The molecule has 5 heteroatoms. The fourth-order valence-corrected chi connectivity index (χ4v) is 2.31. The highest BCUT2D eigenvalue weighted by molar-refractivity contribution is 5.76. The van der Waals surface area contributed by atoms with Gasteiger partial charge in [0.1, 0.15) is 0 Å². The van der Waals surface area contributed by atoms with Crippen LogP contribution in [0.5, 0.6) is 0 Å². The van der Waals surface area contributed by atoms with Crippen LogP contribution in [0.4, 0.5) is 0 Å². The number of carbonyl (C=O) groups excluding carboxylic acids is 1. The molecule has 0 aliphatic rings. The summed E-state index contributed by atoms with van der Waals surface area (Å²) in [7, 11) is 0. The summed E-state index contributed by atoms with van der Waals surface area (Å²) in [5, 5.41) is 0. The van der Waals surface area contributed by atoms with Crippen molar-refractivity contribution in [1.29, 1.82) is 0 Å². The molecule has 5 nitrogen and oxygen atoms in total. The first-order chi connectivity index (χ1) is 9.57. The number of nitrogens with two attached hydrogens (primary N) is 3. The Kier molecular flexibility index (Phi) is 12.0. The van der Waals surface area contributed by atoms with Gasteiger partial charge in [-0.3, -0.25) is 9.79 Å². The third kappa shape index (κ3) is 11.8. The summed E-state index contributed by atoms with van der Waals surface area (Å²) in [6.07, 6.45) is 11.1. The van der Waals surface area contributed by atoms with Gasteiger partial charge in [0.2, 0.25) is 5.91 Å². The smallest absolute Gasteiger partial charge is 0.220 e. The van der Waals surface area contributed by atoms with Crippen molar-refractivity contribution in [3.05, 3.63) is 0 Å². The van der Waals surface area contributed by atoms with E-state index in [-0.39, 0.29) is 17.8 Å². The molecule has 0 bridgehead atoms. The van der Waals surface area contributed by atoms with E-state index in [2.05, 4.69) is 11.9 Å². The molecule has 0 aliphatic heterocycles. The van der Waals surface area contributed by atoms with Crippen LogP contribution >= 0.6 is 0 Å². The minimum Gasteiger partial charge on any atom is -0.370 e. The number of primary amides is 1. The van der Waals surface area contributed by atoms with Gasteiger partial charge in [0.05, 0.1) is 0 Å². The molecule has 0 aromatic carbocycles. The topological polar surface area (TPSA) is 107 Å². The molecule has 0 aromatic heterocycles. The maximum absolute atomic E-state index is 11.4. The fraction of sp³-hybridized carbons (Fsp3) is 0.867. The highest BCUT2D eigenvalue weighted by Crippen LogP contribution is 2.17. The van der Waals surface area contributed by atoms with Gasteiger partial charge in [0.15, 0.2) is 5.96 Å². The van der Waals surface area contributed by atoms with E-state index in [4.69, 9.17) is 17.2 Å². The first-order valence-corrected chi connectivity index (χ1v) is 7.92. The molecular formula is C15H32N4O. The normalized spacial score (nSPS) is 12.1. The number of nitrogens with zero attached hydrogens (tertiary/aromatic N) is 1. The molecule has 0 heterocycles. The van der Waals surface area contributed by atoms with Crippen molar-refractivity contribution in [2.75, 3.05) is 6.54 Å². The Hall–Kier alpha value is -1.26. The highest BCUT2D eigenvalue weighted by atomic mass is 16.1. The molecule has 0 radical (unpaired) electrons. The van der Waals surface area contributed by atoms with Crippen molar-refractivity contribution < 1.29 is 4.79 Å². The quantitative estimate of drug-likeness (QED) is 0.274. The zero-order valence-electron chi connectivity index (χ0n) is 12.9. The summed E-state index contributed by atoms with van der Waals surface area (Å²) in [4.78, 5) is 15.3. The van der Waals surface area contributed by atoms with E-state index < -0.39 is 0 Å². The number of carbonyl (C=O) groups is 1. The number of rotatable bonds is 13. The maximum atomic E-state index is 11.4. The van der Waals surface area contributed by atoms with E-state index in [1.807, 2.05) is 0 Å². The van der Waals surface area contributed by atoms with Crippen LogP contribution in [-0.2, 0) is 4.79 Å². The van der Waals surface area contributed by atoms with Gasteiger partial charge in [-0.15, -0.1) is 0 Å². The molecule has 0 saturated carbocycles. The molecule has 118 valence electrons. The van der Waals surface area contributed by atoms with Crippen LogP contribution in [0.25, 0.3) is 0 Å². The number of unbranched alkanes of at least 4 members (excludes halogenated alkanes) is 6. The summed E-state index contributed by atoms with van der Waals surface area (Å²) < 4.78 is 0. The molecule has 1 unspecified atom stereocenters. The molecule has 0 aromatic rings. The van der Waals surface area contributed by atoms with Crippen LogP contribution in [0, 0.1) is 5.92 Å². The molecule has 0 saturated heterocycles. The predicted octanol–water partition coefficient (Wildman–Crippen LogP) is 2.28. The summed E-state index contributed by atoms with van der Waals surface area (Å²) in [6.45, 7) is 2.84. The number of guanidine groups is 1. The summed E-state index contributed by atoms with van der Waals surface area (Å²) in [5.41, 5.74) is 16.0. The van der Waals surface area contributed by atoms with E-state index in [0.29, 0.717) is 6.54 Å². The van der Waals surface area contributed by atoms with E-state index in [1.54, 1.807) is 0 Å². The molecule has 1 amide bonds. The Labute approximate surface area is 123 Å². The second-order valence-electron chi connectivity index (χ2n) is 5.46. The van der Waals surface area contributed by atoms with E-state index in [1.165, 1.54) is 32.1 Å². The first kappa shape index (κ1) is 18.7. The number of hydrogen-bond acceptors (Lipinski definition) is 2. The Morgan fingerprint density at radius 1 is 0.900 bits per heavy atom. The van der Waals surface area contributed by atoms with E-state index in [0.717, 1.165) is 32.1 Å². The molecule has 1 atom stereocenters. The highest BCUT2D eigenvalue weighted by Gasteiger charge is 2.14. The molecule has 0 rings (SSSR count). The van der Waals surface area contributed by atoms with Crippen LogP contribution in [-0.4, -0.2) is 18.4 Å². The van der Waals surface area contributed by atoms with Gasteiger partial charge in [0, 0.05) is 12.5 Å². The SMILES string of the molecule is CCCCCCCCC(CCCCN=C(N)N)C(N)=O. The Bertz CT molecular complexity index is 275. The Balaban J connectivity index is 3.66. The van der Waals surface area contributed by atoms with Crippen molar-refractivity contribution >= 4 is 11.9 Å². The second kappa shape index (κ2) is 12.8. The van der Waals surface area contributed by atoms with Gasteiger partial charge in [-0.1, -0.05) is 51.9 Å². The van der Waals surface area contributed by atoms with Gasteiger partial charge < -0.3 is 17.2 Å². The third-order valence-electron chi connectivity index (χ3n) is 3.56.